The highest BCUT2D eigenvalue weighted by atomic mass is 32.2. The molecule has 0 aliphatic rings. The molecule has 3 aromatic carbocycles. The standard InChI is InChI=1S/C26H23NO7S/c1-34-26(31)13-12-22(28)21-11-10-20(15-24(21)30)35-25(16-23(29)17-6-3-2-4-7-17)18-8-5-9-19(14-18)27(32)33/h2-11,14-15,25,30H,12-13,16H2,1H3. The van der Waals surface area contributed by atoms with E-state index in [0.29, 0.717) is 16.0 Å². The van der Waals surface area contributed by atoms with E-state index < -0.39 is 21.9 Å². The second kappa shape index (κ2) is 11.9. The van der Waals surface area contributed by atoms with Crippen LogP contribution in [0.5, 0.6) is 5.75 Å². The Labute approximate surface area is 206 Å². The number of phenolic OH excluding ortho intramolecular Hbond substituents is 1. The Morgan fingerprint density at radius 3 is 2.37 bits per heavy atom. The van der Waals surface area contributed by atoms with Gasteiger partial charge in [0.05, 0.1) is 24.0 Å². The van der Waals surface area contributed by atoms with Gasteiger partial charge in [0.15, 0.2) is 11.6 Å². The molecule has 0 aliphatic carbocycles. The number of hydrogen-bond acceptors (Lipinski definition) is 8. The van der Waals surface area contributed by atoms with E-state index in [0.717, 1.165) is 0 Å². The number of nitro groups is 1. The van der Waals surface area contributed by atoms with Crippen LogP contribution in [0, 0.1) is 10.1 Å². The molecule has 180 valence electrons. The number of non-ortho nitro benzene ring substituents is 1. The monoisotopic (exact) mass is 493 g/mol. The summed E-state index contributed by atoms with van der Waals surface area (Å²) in [6, 6.07) is 19.3. The van der Waals surface area contributed by atoms with E-state index in [4.69, 9.17) is 0 Å². The molecule has 35 heavy (non-hydrogen) atoms. The van der Waals surface area contributed by atoms with Crippen molar-refractivity contribution >= 4 is 35.0 Å². The SMILES string of the molecule is COC(=O)CCC(=O)c1ccc(SC(CC(=O)c2ccccc2)c2cccc([N+](=O)[O-])c2)cc1O. The minimum atomic E-state index is -0.520. The van der Waals surface area contributed by atoms with Crippen molar-refractivity contribution in [2.75, 3.05) is 7.11 Å². The van der Waals surface area contributed by atoms with Crippen molar-refractivity contribution in [1.82, 2.24) is 0 Å². The van der Waals surface area contributed by atoms with Crippen molar-refractivity contribution in [3.05, 3.63) is 99.6 Å². The van der Waals surface area contributed by atoms with Gasteiger partial charge in [-0.3, -0.25) is 24.5 Å². The molecule has 0 amide bonds. The van der Waals surface area contributed by atoms with Crippen molar-refractivity contribution in [2.45, 2.75) is 29.4 Å². The lowest BCUT2D eigenvalue weighted by molar-refractivity contribution is -0.384. The number of esters is 1. The average Bonchev–Trinajstić information content (AvgIpc) is 2.87. The first kappa shape index (κ1) is 25.6. The number of benzene rings is 3. The quantitative estimate of drug-likeness (QED) is 0.121. The zero-order valence-electron chi connectivity index (χ0n) is 18.9. The van der Waals surface area contributed by atoms with Crippen LogP contribution in [-0.2, 0) is 9.53 Å². The van der Waals surface area contributed by atoms with Gasteiger partial charge in [0.1, 0.15) is 5.75 Å². The molecule has 3 rings (SSSR count). The molecule has 0 aliphatic heterocycles. The highest BCUT2D eigenvalue weighted by molar-refractivity contribution is 7.99. The Kier molecular flexibility index (Phi) is 8.74. The molecule has 0 fully saturated rings. The third-order valence-electron chi connectivity index (χ3n) is 5.25. The van der Waals surface area contributed by atoms with Gasteiger partial charge >= 0.3 is 5.97 Å². The summed E-state index contributed by atoms with van der Waals surface area (Å²) in [5, 5.41) is 21.2. The van der Waals surface area contributed by atoms with Crippen LogP contribution < -0.4 is 0 Å². The van der Waals surface area contributed by atoms with Gasteiger partial charge < -0.3 is 9.84 Å². The molecule has 8 nitrogen and oxygen atoms in total. The van der Waals surface area contributed by atoms with Crippen LogP contribution in [-0.4, -0.2) is 34.7 Å². The first-order valence-electron chi connectivity index (χ1n) is 10.7. The zero-order valence-corrected chi connectivity index (χ0v) is 19.7. The van der Waals surface area contributed by atoms with Gasteiger partial charge in [0, 0.05) is 40.7 Å². The maximum Gasteiger partial charge on any atom is 0.305 e. The molecule has 0 aromatic heterocycles. The number of nitro benzene ring substituents is 1. The number of hydrogen-bond donors (Lipinski definition) is 1. The van der Waals surface area contributed by atoms with Crippen molar-refractivity contribution in [1.29, 1.82) is 0 Å². The lowest BCUT2D eigenvalue weighted by atomic mass is 10.0. The number of carbonyl (C=O) groups excluding carboxylic acids is 3. The van der Waals surface area contributed by atoms with Gasteiger partial charge in [-0.1, -0.05) is 42.5 Å². The first-order chi connectivity index (χ1) is 16.8. The number of thioether (sulfide) groups is 1. The Morgan fingerprint density at radius 1 is 0.971 bits per heavy atom. The summed E-state index contributed by atoms with van der Waals surface area (Å²) in [6.45, 7) is 0. The van der Waals surface area contributed by atoms with E-state index in [1.54, 1.807) is 48.5 Å². The minimum Gasteiger partial charge on any atom is -0.507 e. The maximum atomic E-state index is 12.9. The second-order valence-corrected chi connectivity index (χ2v) is 8.91. The molecule has 3 aromatic rings. The number of phenols is 1. The molecular weight excluding hydrogens is 470 g/mol. The largest absolute Gasteiger partial charge is 0.507 e. The van der Waals surface area contributed by atoms with Gasteiger partial charge in [-0.2, -0.15) is 0 Å². The number of methoxy groups -OCH3 is 1. The predicted octanol–water partition coefficient (Wildman–Crippen LogP) is 5.54. The molecule has 1 atom stereocenters. The summed E-state index contributed by atoms with van der Waals surface area (Å²) in [4.78, 5) is 47.9. The van der Waals surface area contributed by atoms with Crippen LogP contribution >= 0.6 is 11.8 Å². The smallest absolute Gasteiger partial charge is 0.305 e. The molecule has 0 heterocycles. The van der Waals surface area contributed by atoms with E-state index in [1.165, 1.54) is 43.1 Å². The van der Waals surface area contributed by atoms with Gasteiger partial charge in [-0.15, -0.1) is 11.8 Å². The number of nitrogens with zero attached hydrogens (tertiary/aromatic N) is 1. The van der Waals surface area contributed by atoms with Crippen LogP contribution in [0.1, 0.15) is 50.8 Å². The zero-order chi connectivity index (χ0) is 25.4. The minimum absolute atomic E-state index is 0.0659. The van der Waals surface area contributed by atoms with Crippen LogP contribution in [0.2, 0.25) is 0 Å². The third kappa shape index (κ3) is 7.00. The Morgan fingerprint density at radius 2 is 1.71 bits per heavy atom. The highest BCUT2D eigenvalue weighted by Crippen LogP contribution is 2.41. The number of Topliss-reactive ketones (excluding diaryl/α,β-unsaturated/α-hetero) is 2. The van der Waals surface area contributed by atoms with Crippen LogP contribution in [0.25, 0.3) is 0 Å². The van der Waals surface area contributed by atoms with Gasteiger partial charge in [0.25, 0.3) is 5.69 Å². The predicted molar refractivity (Wildman–Crippen MR) is 131 cm³/mol. The molecule has 0 radical (unpaired) electrons. The van der Waals surface area contributed by atoms with E-state index in [2.05, 4.69) is 4.74 Å². The Hall–Kier alpha value is -3.98. The fraction of sp³-hybridized carbons (Fsp3) is 0.192. The van der Waals surface area contributed by atoms with Crippen LogP contribution in [0.15, 0.2) is 77.7 Å². The molecular formula is C26H23NO7S. The van der Waals surface area contributed by atoms with Crippen molar-refractivity contribution < 1.29 is 29.2 Å². The Bertz CT molecular complexity index is 1240. The maximum absolute atomic E-state index is 12.9. The first-order valence-corrected chi connectivity index (χ1v) is 11.6. The molecule has 0 bridgehead atoms. The fourth-order valence-electron chi connectivity index (χ4n) is 3.41. The lowest BCUT2D eigenvalue weighted by Gasteiger charge is -2.17. The second-order valence-electron chi connectivity index (χ2n) is 7.63. The summed E-state index contributed by atoms with van der Waals surface area (Å²) in [5.74, 6) is -1.31. The summed E-state index contributed by atoms with van der Waals surface area (Å²) in [7, 11) is 1.23. The summed E-state index contributed by atoms with van der Waals surface area (Å²) >= 11 is 1.25. The van der Waals surface area contributed by atoms with E-state index in [9.17, 15) is 29.6 Å². The van der Waals surface area contributed by atoms with Crippen molar-refractivity contribution in [3.8, 4) is 5.75 Å². The van der Waals surface area contributed by atoms with Crippen molar-refractivity contribution in [2.24, 2.45) is 0 Å². The molecule has 0 spiro atoms. The summed E-state index contributed by atoms with van der Waals surface area (Å²) < 4.78 is 4.53. The topological polar surface area (TPSA) is 124 Å². The number of ketones is 2. The van der Waals surface area contributed by atoms with E-state index in [1.807, 2.05) is 0 Å². The normalized spacial score (nSPS) is 11.5. The van der Waals surface area contributed by atoms with E-state index in [-0.39, 0.29) is 42.0 Å². The Balaban J connectivity index is 1.85. The highest BCUT2D eigenvalue weighted by Gasteiger charge is 2.22. The molecule has 9 heteroatoms. The molecule has 1 N–H and O–H groups in total. The van der Waals surface area contributed by atoms with E-state index >= 15 is 0 Å². The average molecular weight is 494 g/mol. The van der Waals surface area contributed by atoms with Crippen molar-refractivity contribution in [3.63, 3.8) is 0 Å². The molecule has 0 saturated carbocycles. The lowest BCUT2D eigenvalue weighted by Crippen LogP contribution is -2.07. The summed E-state index contributed by atoms with van der Waals surface area (Å²) in [5.41, 5.74) is 1.10. The number of rotatable bonds is 11. The number of ether oxygens (including phenoxy) is 1. The van der Waals surface area contributed by atoms with Crippen LogP contribution in [0.3, 0.4) is 0 Å². The van der Waals surface area contributed by atoms with Gasteiger partial charge in [0.2, 0.25) is 0 Å². The number of aromatic hydroxyl groups is 1. The fourth-order valence-corrected chi connectivity index (χ4v) is 4.59. The summed E-state index contributed by atoms with van der Waals surface area (Å²) in [6.07, 6.45) is -0.132. The van der Waals surface area contributed by atoms with Gasteiger partial charge in [-0.25, -0.2) is 0 Å². The van der Waals surface area contributed by atoms with Crippen LogP contribution in [0.4, 0.5) is 5.69 Å². The number of carbonyl (C=O) groups is 3. The molecule has 1 unspecified atom stereocenters. The van der Waals surface area contributed by atoms with Gasteiger partial charge in [-0.05, 0) is 23.8 Å². The molecule has 0 saturated heterocycles. The third-order valence-corrected chi connectivity index (χ3v) is 6.50.